The van der Waals surface area contributed by atoms with Crippen LogP contribution in [0.15, 0.2) is 42.7 Å². The Hall–Kier alpha value is -2.60. The Morgan fingerprint density at radius 1 is 1.25 bits per heavy atom. The standard InChI is InChI=1S/C18H20N2O4/c1-2-24-18(23)12-8-15(17(21)22)20-16(12)14-10-19-9-13(14)11-6-4-3-5-7-11/h3-7,9-10,12,15-16,19-20H,2,8H2,1H3,(H,21,22)/t12-,15+,16-/m0/s1. The molecule has 0 amide bonds. The molecule has 3 N–H and O–H groups in total. The lowest BCUT2D eigenvalue weighted by Crippen LogP contribution is -2.32. The summed E-state index contributed by atoms with van der Waals surface area (Å²) in [4.78, 5) is 26.7. The van der Waals surface area contributed by atoms with E-state index in [-0.39, 0.29) is 19.0 Å². The number of esters is 1. The van der Waals surface area contributed by atoms with Gasteiger partial charge in [-0.1, -0.05) is 30.3 Å². The quantitative estimate of drug-likeness (QED) is 0.733. The third-order valence-corrected chi connectivity index (χ3v) is 4.36. The van der Waals surface area contributed by atoms with Gasteiger partial charge in [-0.25, -0.2) is 0 Å². The molecule has 1 aliphatic heterocycles. The van der Waals surface area contributed by atoms with E-state index in [0.29, 0.717) is 0 Å². The topological polar surface area (TPSA) is 91.4 Å². The van der Waals surface area contributed by atoms with E-state index in [2.05, 4.69) is 10.3 Å². The second kappa shape index (κ2) is 6.88. The van der Waals surface area contributed by atoms with E-state index >= 15 is 0 Å². The van der Waals surface area contributed by atoms with Crippen molar-refractivity contribution >= 4 is 11.9 Å². The third-order valence-electron chi connectivity index (χ3n) is 4.36. The summed E-state index contributed by atoms with van der Waals surface area (Å²) in [5, 5.41) is 12.4. The highest BCUT2D eigenvalue weighted by atomic mass is 16.5. The largest absolute Gasteiger partial charge is 0.480 e. The number of H-pyrrole nitrogens is 1. The Bertz CT molecular complexity index is 726. The highest BCUT2D eigenvalue weighted by Crippen LogP contribution is 2.38. The zero-order chi connectivity index (χ0) is 17.1. The van der Waals surface area contributed by atoms with Crippen LogP contribution >= 0.6 is 0 Å². The van der Waals surface area contributed by atoms with Crippen LogP contribution in [0.5, 0.6) is 0 Å². The predicted octanol–water partition coefficient (Wildman–Crippen LogP) is 2.35. The number of hydrogen-bond donors (Lipinski definition) is 3. The Labute approximate surface area is 139 Å². The molecule has 0 unspecified atom stereocenters. The van der Waals surface area contributed by atoms with Crippen molar-refractivity contribution in [3.8, 4) is 11.1 Å². The number of nitrogens with one attached hydrogen (secondary N) is 2. The molecule has 2 heterocycles. The molecule has 1 aromatic heterocycles. The molecule has 0 spiro atoms. The van der Waals surface area contributed by atoms with Gasteiger partial charge in [-0.2, -0.15) is 0 Å². The van der Waals surface area contributed by atoms with Gasteiger partial charge in [-0.15, -0.1) is 0 Å². The Morgan fingerprint density at radius 3 is 2.67 bits per heavy atom. The lowest BCUT2D eigenvalue weighted by atomic mass is 9.91. The van der Waals surface area contributed by atoms with Crippen LogP contribution in [0.4, 0.5) is 0 Å². The fraction of sp³-hybridized carbons (Fsp3) is 0.333. The molecule has 126 valence electrons. The number of hydrogen-bond acceptors (Lipinski definition) is 4. The summed E-state index contributed by atoms with van der Waals surface area (Å²) in [5.74, 6) is -1.84. The zero-order valence-corrected chi connectivity index (χ0v) is 13.4. The van der Waals surface area contributed by atoms with Crippen LogP contribution in [0, 0.1) is 5.92 Å². The molecule has 3 atom stereocenters. The van der Waals surface area contributed by atoms with Crippen LogP contribution in [0.2, 0.25) is 0 Å². The van der Waals surface area contributed by atoms with Gasteiger partial charge in [0.2, 0.25) is 0 Å². The molecule has 1 fully saturated rings. The number of carbonyl (C=O) groups is 2. The molecular weight excluding hydrogens is 308 g/mol. The van der Waals surface area contributed by atoms with E-state index < -0.39 is 24.0 Å². The minimum Gasteiger partial charge on any atom is -0.480 e. The van der Waals surface area contributed by atoms with Crippen LogP contribution in [0.1, 0.15) is 24.9 Å². The van der Waals surface area contributed by atoms with Crippen LogP contribution in [0.3, 0.4) is 0 Å². The van der Waals surface area contributed by atoms with Gasteiger partial charge in [-0.05, 0) is 24.5 Å². The van der Waals surface area contributed by atoms with E-state index in [1.165, 1.54) is 0 Å². The van der Waals surface area contributed by atoms with Crippen LogP contribution < -0.4 is 5.32 Å². The van der Waals surface area contributed by atoms with Crippen LogP contribution in [-0.2, 0) is 14.3 Å². The number of rotatable bonds is 5. The van der Waals surface area contributed by atoms with Crippen molar-refractivity contribution in [2.75, 3.05) is 6.61 Å². The molecule has 0 bridgehead atoms. The first-order valence-electron chi connectivity index (χ1n) is 7.99. The summed E-state index contributed by atoms with van der Waals surface area (Å²) >= 11 is 0. The van der Waals surface area contributed by atoms with E-state index in [9.17, 15) is 14.7 Å². The third kappa shape index (κ3) is 3.05. The van der Waals surface area contributed by atoms with Gasteiger partial charge in [0.05, 0.1) is 12.5 Å². The molecule has 0 aliphatic carbocycles. The second-order valence-corrected chi connectivity index (χ2v) is 5.82. The monoisotopic (exact) mass is 328 g/mol. The highest BCUT2D eigenvalue weighted by molar-refractivity contribution is 5.80. The average molecular weight is 328 g/mol. The van der Waals surface area contributed by atoms with Gasteiger partial charge in [-0.3, -0.25) is 14.9 Å². The van der Waals surface area contributed by atoms with E-state index in [1.807, 2.05) is 42.7 Å². The first-order chi connectivity index (χ1) is 11.6. The van der Waals surface area contributed by atoms with Crippen molar-refractivity contribution in [2.45, 2.75) is 25.4 Å². The highest BCUT2D eigenvalue weighted by Gasteiger charge is 2.43. The summed E-state index contributed by atoms with van der Waals surface area (Å²) in [5.41, 5.74) is 2.84. The Morgan fingerprint density at radius 2 is 2.00 bits per heavy atom. The normalized spacial score (nSPS) is 23.1. The average Bonchev–Trinajstić information content (AvgIpc) is 3.22. The fourth-order valence-electron chi connectivity index (χ4n) is 3.25. The van der Waals surface area contributed by atoms with Crippen molar-refractivity contribution in [2.24, 2.45) is 5.92 Å². The maximum Gasteiger partial charge on any atom is 0.320 e. The molecule has 0 saturated carbocycles. The summed E-state index contributed by atoms with van der Waals surface area (Å²) in [7, 11) is 0. The number of ether oxygens (including phenoxy) is 1. The minimum atomic E-state index is -0.955. The number of benzene rings is 1. The number of carboxylic acids is 1. The van der Waals surface area contributed by atoms with Crippen molar-refractivity contribution < 1.29 is 19.4 Å². The van der Waals surface area contributed by atoms with Crippen molar-refractivity contribution in [1.82, 2.24) is 10.3 Å². The summed E-state index contributed by atoms with van der Waals surface area (Å²) < 4.78 is 5.15. The molecule has 2 aromatic rings. The second-order valence-electron chi connectivity index (χ2n) is 5.82. The maximum absolute atomic E-state index is 12.3. The molecule has 1 aliphatic rings. The van der Waals surface area contributed by atoms with Crippen LogP contribution in [-0.4, -0.2) is 34.7 Å². The molecule has 6 heteroatoms. The maximum atomic E-state index is 12.3. The minimum absolute atomic E-state index is 0.220. The molecule has 3 rings (SSSR count). The Balaban J connectivity index is 1.96. The van der Waals surface area contributed by atoms with Crippen molar-refractivity contribution in [3.05, 3.63) is 48.3 Å². The van der Waals surface area contributed by atoms with Crippen molar-refractivity contribution in [3.63, 3.8) is 0 Å². The predicted molar refractivity (Wildman–Crippen MR) is 88.3 cm³/mol. The van der Waals surface area contributed by atoms with Crippen LogP contribution in [0.25, 0.3) is 11.1 Å². The molecular formula is C18H20N2O4. The van der Waals surface area contributed by atoms with Gasteiger partial charge in [0.25, 0.3) is 0 Å². The molecule has 6 nitrogen and oxygen atoms in total. The fourth-order valence-corrected chi connectivity index (χ4v) is 3.25. The van der Waals surface area contributed by atoms with E-state index in [0.717, 1.165) is 16.7 Å². The SMILES string of the molecule is CCOC(=O)[C@H]1C[C@H](C(=O)O)N[C@@H]1c1c[nH]cc1-c1ccccc1. The lowest BCUT2D eigenvalue weighted by molar-refractivity contribution is -0.148. The molecule has 0 radical (unpaired) electrons. The lowest BCUT2D eigenvalue weighted by Gasteiger charge is -2.19. The van der Waals surface area contributed by atoms with E-state index in [4.69, 9.17) is 4.74 Å². The number of aromatic nitrogens is 1. The van der Waals surface area contributed by atoms with E-state index in [1.54, 1.807) is 6.92 Å². The number of aromatic amines is 1. The first-order valence-corrected chi connectivity index (χ1v) is 7.99. The summed E-state index contributed by atoms with van der Waals surface area (Å²) in [6.45, 7) is 2.02. The molecule has 1 aromatic carbocycles. The van der Waals surface area contributed by atoms with Gasteiger partial charge >= 0.3 is 11.9 Å². The smallest absolute Gasteiger partial charge is 0.320 e. The summed E-state index contributed by atoms with van der Waals surface area (Å²) in [6, 6.07) is 8.62. The number of aliphatic carboxylic acids is 1. The number of carbonyl (C=O) groups excluding carboxylic acids is 1. The zero-order valence-electron chi connectivity index (χ0n) is 13.4. The summed E-state index contributed by atoms with van der Waals surface area (Å²) in [6.07, 6.45) is 3.90. The Kier molecular flexibility index (Phi) is 4.66. The van der Waals surface area contributed by atoms with Crippen molar-refractivity contribution in [1.29, 1.82) is 0 Å². The van der Waals surface area contributed by atoms with Gasteiger partial charge in [0.1, 0.15) is 6.04 Å². The van der Waals surface area contributed by atoms with Gasteiger partial charge in [0.15, 0.2) is 0 Å². The number of carboxylic acid groups (broad SMARTS) is 1. The first kappa shape index (κ1) is 16.3. The van der Waals surface area contributed by atoms with Gasteiger partial charge < -0.3 is 14.8 Å². The molecule has 1 saturated heterocycles. The molecule has 24 heavy (non-hydrogen) atoms. The van der Waals surface area contributed by atoms with Gasteiger partial charge in [0, 0.05) is 24.0 Å².